The lowest BCUT2D eigenvalue weighted by atomic mass is 10.2. The molecule has 1 unspecified atom stereocenters. The van der Waals surface area contributed by atoms with Gasteiger partial charge in [-0.15, -0.1) is 11.3 Å². The van der Waals surface area contributed by atoms with Crippen LogP contribution in [0.15, 0.2) is 56.6 Å². The van der Waals surface area contributed by atoms with Gasteiger partial charge < -0.3 is 10.6 Å². The number of aryl methyl sites for hydroxylation is 1. The molecule has 6 nitrogen and oxygen atoms in total. The Labute approximate surface area is 246 Å². The van der Waals surface area contributed by atoms with E-state index in [9.17, 15) is 8.42 Å². The molecule has 1 aromatic carbocycles. The molecular weight excluding hydrogens is 600 g/mol. The fourth-order valence-corrected chi connectivity index (χ4v) is 8.25. The third-order valence-electron chi connectivity index (χ3n) is 6.29. The molecule has 38 heavy (non-hydrogen) atoms. The van der Waals surface area contributed by atoms with Crippen molar-refractivity contribution in [2.75, 3.05) is 25.4 Å². The van der Waals surface area contributed by atoms with E-state index >= 15 is 0 Å². The van der Waals surface area contributed by atoms with Crippen LogP contribution in [0.25, 0.3) is 0 Å². The summed E-state index contributed by atoms with van der Waals surface area (Å²) in [6, 6.07) is 7.25. The molecule has 0 spiro atoms. The molecule has 2 rings (SSSR count). The van der Waals surface area contributed by atoms with E-state index in [0.29, 0.717) is 22.9 Å². The van der Waals surface area contributed by atoms with Crippen molar-refractivity contribution in [3.63, 3.8) is 0 Å². The zero-order chi connectivity index (χ0) is 28.1. The molecule has 1 atom stereocenters. The van der Waals surface area contributed by atoms with Crippen molar-refractivity contribution in [2.45, 2.75) is 77.5 Å². The second-order valence-corrected chi connectivity index (χ2v) is 13.7. The maximum Gasteiger partial charge on any atom is 0.204 e. The van der Waals surface area contributed by atoms with Crippen LogP contribution in [-0.2, 0) is 22.0 Å². The number of nitrogens with zero attached hydrogens (tertiary/aromatic N) is 2. The maximum absolute atomic E-state index is 13.1. The summed E-state index contributed by atoms with van der Waals surface area (Å²) in [5.74, 6) is 2.14. The second-order valence-electron chi connectivity index (χ2n) is 8.90. The highest BCUT2D eigenvalue weighted by molar-refractivity contribution is 9.10. The summed E-state index contributed by atoms with van der Waals surface area (Å²) in [4.78, 5) is 9.17. The summed E-state index contributed by atoms with van der Waals surface area (Å²) < 4.78 is 26.7. The number of hydrogen-bond donors (Lipinski definition) is 2. The highest BCUT2D eigenvalue weighted by Crippen LogP contribution is 2.32. The van der Waals surface area contributed by atoms with Gasteiger partial charge in [0, 0.05) is 33.6 Å². The Morgan fingerprint density at radius 1 is 1.18 bits per heavy atom. The van der Waals surface area contributed by atoms with Crippen LogP contribution in [0.2, 0.25) is 0 Å². The number of hydrogen-bond acceptors (Lipinski definition) is 8. The number of rotatable bonds is 17. The van der Waals surface area contributed by atoms with Crippen LogP contribution in [0.4, 0.5) is 0 Å². The normalized spacial score (nSPS) is 13.7. The van der Waals surface area contributed by atoms with Crippen LogP contribution >= 0.6 is 39.0 Å². The number of aromatic nitrogens is 1. The first-order valence-corrected chi connectivity index (χ1v) is 17.7. The largest absolute Gasteiger partial charge is 0.370 e. The van der Waals surface area contributed by atoms with E-state index in [-0.39, 0.29) is 4.90 Å². The predicted octanol–water partition coefficient (Wildman–Crippen LogP) is 7.26. The van der Waals surface area contributed by atoms with E-state index in [0.717, 1.165) is 49.4 Å². The van der Waals surface area contributed by atoms with Crippen LogP contribution in [0, 0.1) is 0 Å². The zero-order valence-corrected chi connectivity index (χ0v) is 27.5. The lowest BCUT2D eigenvalue weighted by Gasteiger charge is -2.26. The molecule has 0 fully saturated rings. The van der Waals surface area contributed by atoms with Gasteiger partial charge in [-0.05, 0) is 67.3 Å². The number of benzene rings is 1. The molecule has 0 bridgehead atoms. The van der Waals surface area contributed by atoms with Crippen LogP contribution in [0.3, 0.4) is 0 Å². The average molecular weight is 644 g/mol. The second kappa shape index (κ2) is 16.7. The number of allylic oxidation sites excluding steroid dienone is 1. The molecule has 0 amide bonds. The van der Waals surface area contributed by atoms with Crippen LogP contribution < -0.4 is 10.6 Å². The van der Waals surface area contributed by atoms with Crippen molar-refractivity contribution in [1.29, 1.82) is 0 Å². The summed E-state index contributed by atoms with van der Waals surface area (Å²) in [5, 5.41) is 8.95. The third-order valence-corrected chi connectivity index (χ3v) is 11.1. The van der Waals surface area contributed by atoms with Crippen molar-refractivity contribution in [3.05, 3.63) is 67.3 Å². The highest BCUT2D eigenvalue weighted by atomic mass is 79.9. The monoisotopic (exact) mass is 642 g/mol. The number of halogens is 1. The molecule has 0 radical (unpaired) electrons. The predicted molar refractivity (Wildman–Crippen MR) is 168 cm³/mol. The van der Waals surface area contributed by atoms with Gasteiger partial charge in [-0.3, -0.25) is 4.90 Å². The molecule has 0 aliphatic rings. The molecule has 0 aliphatic heterocycles. The van der Waals surface area contributed by atoms with Gasteiger partial charge in [0.25, 0.3) is 0 Å². The fourth-order valence-electron chi connectivity index (χ4n) is 3.94. The third kappa shape index (κ3) is 9.70. The van der Waals surface area contributed by atoms with Crippen molar-refractivity contribution in [2.24, 2.45) is 0 Å². The van der Waals surface area contributed by atoms with E-state index in [4.69, 9.17) is 4.98 Å². The van der Waals surface area contributed by atoms with E-state index in [1.165, 1.54) is 21.0 Å². The van der Waals surface area contributed by atoms with Gasteiger partial charge in [0.05, 0.1) is 22.0 Å². The Bertz CT molecular complexity index is 1170. The van der Waals surface area contributed by atoms with Gasteiger partial charge in [0.1, 0.15) is 10.8 Å². The van der Waals surface area contributed by atoms with Crippen LogP contribution in [0.1, 0.15) is 76.0 Å². The van der Waals surface area contributed by atoms with Crippen molar-refractivity contribution >= 4 is 48.9 Å². The van der Waals surface area contributed by atoms with Crippen molar-refractivity contribution < 1.29 is 8.42 Å². The average Bonchev–Trinajstić information content (AvgIpc) is 3.32. The maximum atomic E-state index is 13.1. The molecular formula is C28H43BrN4O2S3. The minimum Gasteiger partial charge on any atom is -0.370 e. The molecule has 2 N–H and O–H groups in total. The number of nitrogens with one attached hydrogen (secondary N) is 2. The summed E-state index contributed by atoms with van der Waals surface area (Å²) in [7, 11) is -3.64. The smallest absolute Gasteiger partial charge is 0.204 e. The Kier molecular flexibility index (Phi) is 14.4. The lowest BCUT2D eigenvalue weighted by molar-refractivity contribution is 0.213. The first-order chi connectivity index (χ1) is 18.2. The molecule has 1 heterocycles. The van der Waals surface area contributed by atoms with Crippen molar-refractivity contribution in [3.8, 4) is 0 Å². The Morgan fingerprint density at radius 3 is 2.50 bits per heavy atom. The summed E-state index contributed by atoms with van der Waals surface area (Å²) >= 11 is 7.04. The fraction of sp³-hybridized carbons (Fsp3) is 0.536. The highest BCUT2D eigenvalue weighted by Gasteiger charge is 2.21. The SMILES string of the molecule is CCC(C)=CNC(=CS(=O)(=O)c1ccccc1Br)NCCSCc1nc(C(CC)N(CC)CC)sc1CC. The molecule has 212 valence electrons. The summed E-state index contributed by atoms with van der Waals surface area (Å²) in [6.45, 7) is 15.6. The van der Waals surface area contributed by atoms with E-state index in [1.54, 1.807) is 24.3 Å². The van der Waals surface area contributed by atoms with Gasteiger partial charge >= 0.3 is 0 Å². The Morgan fingerprint density at radius 2 is 1.89 bits per heavy atom. The first-order valence-electron chi connectivity index (χ1n) is 13.4. The number of sulfone groups is 1. The quantitative estimate of drug-likeness (QED) is 0.176. The minimum atomic E-state index is -3.64. The van der Waals surface area contributed by atoms with Gasteiger partial charge in [-0.1, -0.05) is 52.3 Å². The topological polar surface area (TPSA) is 74.3 Å². The molecule has 2 aromatic rings. The summed E-state index contributed by atoms with van der Waals surface area (Å²) in [6.07, 6.45) is 4.79. The molecule has 0 saturated heterocycles. The van der Waals surface area contributed by atoms with Crippen LogP contribution in [-0.4, -0.2) is 43.7 Å². The number of thioether (sulfide) groups is 1. The van der Waals surface area contributed by atoms with E-state index in [1.807, 2.05) is 36.2 Å². The van der Waals surface area contributed by atoms with E-state index < -0.39 is 9.84 Å². The van der Waals surface area contributed by atoms with E-state index in [2.05, 4.69) is 66.1 Å². The Balaban J connectivity index is 2.07. The summed E-state index contributed by atoms with van der Waals surface area (Å²) in [5.41, 5.74) is 2.32. The molecule has 10 heteroatoms. The number of thiazole rings is 1. The first kappa shape index (κ1) is 32.9. The standard InChI is InChI=1S/C28H43BrN4O2S3/c1-7-21(6)18-31-27(20-38(34,35)26-15-13-12-14-22(26)29)30-16-17-36-19-23-25(9-3)37-28(32-23)24(8-2)33(10-4)11-5/h12-15,18,20,24,30-31H,7-11,16-17,19H2,1-6H3. The van der Waals surface area contributed by atoms with Gasteiger partial charge in [0.2, 0.25) is 9.84 Å². The molecule has 0 saturated carbocycles. The van der Waals surface area contributed by atoms with Gasteiger partial charge in [-0.2, -0.15) is 11.8 Å². The van der Waals surface area contributed by atoms with Gasteiger partial charge in [0.15, 0.2) is 0 Å². The van der Waals surface area contributed by atoms with Gasteiger partial charge in [-0.25, -0.2) is 13.4 Å². The molecule has 1 aromatic heterocycles. The molecule has 0 aliphatic carbocycles. The lowest BCUT2D eigenvalue weighted by Crippen LogP contribution is -2.28. The van der Waals surface area contributed by atoms with Crippen molar-refractivity contribution in [1.82, 2.24) is 20.5 Å². The van der Waals surface area contributed by atoms with Crippen LogP contribution in [0.5, 0.6) is 0 Å². The minimum absolute atomic E-state index is 0.244. The zero-order valence-electron chi connectivity index (χ0n) is 23.5. The Hall–Kier alpha value is -1.33.